The first kappa shape index (κ1) is 15.6. The van der Waals surface area contributed by atoms with Gasteiger partial charge in [-0.15, -0.1) is 23.5 Å². The Morgan fingerprint density at radius 2 is 2.23 bits per heavy atom. The van der Waals surface area contributed by atoms with Crippen LogP contribution in [0.3, 0.4) is 0 Å². The highest BCUT2D eigenvalue weighted by molar-refractivity contribution is 8.14. The van der Waals surface area contributed by atoms with Gasteiger partial charge in [0.05, 0.1) is 17.0 Å². The number of aromatic hydroxyl groups is 1. The number of phenols is 1. The summed E-state index contributed by atoms with van der Waals surface area (Å²) < 4.78 is 13.9. The number of carbonyl (C=O) groups is 1. The van der Waals surface area contributed by atoms with E-state index in [-0.39, 0.29) is 22.7 Å². The summed E-state index contributed by atoms with van der Waals surface area (Å²) >= 11 is 2.95. The smallest absolute Gasteiger partial charge is 0.321 e. The summed E-state index contributed by atoms with van der Waals surface area (Å²) in [6.45, 7) is 0. The lowest BCUT2D eigenvalue weighted by molar-refractivity contribution is -0.141. The monoisotopic (exact) mass is 342 g/mol. The van der Waals surface area contributed by atoms with Crippen LogP contribution in [0.25, 0.3) is 0 Å². The lowest BCUT2D eigenvalue weighted by Crippen LogP contribution is -2.42. The molecule has 1 saturated heterocycles. The van der Waals surface area contributed by atoms with Gasteiger partial charge in [-0.2, -0.15) is 0 Å². The second-order valence-corrected chi connectivity index (χ2v) is 7.35. The van der Waals surface area contributed by atoms with Crippen LogP contribution in [0.5, 0.6) is 5.75 Å². The number of aliphatic carboxylic acids is 1. The molecule has 0 radical (unpaired) electrons. The molecule has 1 aromatic carbocycles. The van der Waals surface area contributed by atoms with Crippen molar-refractivity contribution in [3.05, 3.63) is 29.6 Å². The van der Waals surface area contributed by atoms with Crippen LogP contribution in [0.4, 0.5) is 4.39 Å². The third-order valence-corrected chi connectivity index (χ3v) is 6.40. The van der Waals surface area contributed by atoms with Crippen molar-refractivity contribution in [2.24, 2.45) is 4.99 Å². The first-order chi connectivity index (χ1) is 10.5. The van der Waals surface area contributed by atoms with Crippen LogP contribution in [0, 0.1) is 5.82 Å². The normalized spacial score (nSPS) is 28.8. The fraction of sp³-hybridized carbons (Fsp3) is 0.429. The molecule has 1 aromatic rings. The highest BCUT2D eigenvalue weighted by Crippen LogP contribution is 2.38. The van der Waals surface area contributed by atoms with E-state index in [4.69, 9.17) is 5.11 Å². The number of nitrogens with zero attached hydrogens (tertiary/aromatic N) is 2. The van der Waals surface area contributed by atoms with Gasteiger partial charge in [-0.25, -0.2) is 4.39 Å². The van der Waals surface area contributed by atoms with Crippen LogP contribution < -0.4 is 0 Å². The Balaban J connectivity index is 1.82. The first-order valence-corrected chi connectivity index (χ1v) is 8.77. The number of hydrogen-bond acceptors (Lipinski definition) is 6. The fourth-order valence-electron chi connectivity index (χ4n) is 2.63. The van der Waals surface area contributed by atoms with Crippen LogP contribution >= 0.6 is 23.5 Å². The zero-order chi connectivity index (χ0) is 15.9. The highest BCUT2D eigenvalue weighted by Gasteiger charge is 2.41. The molecule has 0 saturated carbocycles. The summed E-state index contributed by atoms with van der Waals surface area (Å²) in [7, 11) is 1.78. The number of carboxylic acids is 1. The van der Waals surface area contributed by atoms with Gasteiger partial charge < -0.3 is 10.2 Å². The molecule has 8 heteroatoms. The molecule has 22 heavy (non-hydrogen) atoms. The third kappa shape index (κ3) is 2.70. The Labute approximate surface area is 135 Å². The van der Waals surface area contributed by atoms with E-state index in [0.29, 0.717) is 16.5 Å². The van der Waals surface area contributed by atoms with Crippen molar-refractivity contribution in [3.8, 4) is 5.75 Å². The summed E-state index contributed by atoms with van der Waals surface area (Å²) in [6, 6.07) is 3.55. The highest BCUT2D eigenvalue weighted by atomic mass is 32.2. The molecule has 0 bridgehead atoms. The van der Waals surface area contributed by atoms with Crippen molar-refractivity contribution in [1.82, 2.24) is 4.90 Å². The molecule has 0 spiro atoms. The fourth-order valence-corrected chi connectivity index (χ4v) is 5.41. The maximum atomic E-state index is 13.9. The molecule has 0 amide bonds. The molecule has 5 nitrogen and oxygen atoms in total. The van der Waals surface area contributed by atoms with Crippen LogP contribution in [0.15, 0.2) is 23.2 Å². The largest absolute Gasteiger partial charge is 0.507 e. The molecule has 118 valence electrons. The van der Waals surface area contributed by atoms with E-state index >= 15 is 0 Å². The van der Waals surface area contributed by atoms with Gasteiger partial charge in [0, 0.05) is 11.5 Å². The molecule has 1 unspecified atom stereocenters. The van der Waals surface area contributed by atoms with E-state index < -0.39 is 17.8 Å². The number of rotatable bonds is 3. The van der Waals surface area contributed by atoms with E-state index in [1.54, 1.807) is 18.8 Å². The van der Waals surface area contributed by atoms with Crippen LogP contribution in [0.2, 0.25) is 0 Å². The Bertz CT molecular complexity index is 620. The predicted octanol–water partition coefficient (Wildman–Crippen LogP) is 1.85. The minimum Gasteiger partial charge on any atom is -0.507 e. The van der Waals surface area contributed by atoms with E-state index in [1.807, 2.05) is 4.90 Å². The Morgan fingerprint density at radius 3 is 2.86 bits per heavy atom. The van der Waals surface area contributed by atoms with Crippen molar-refractivity contribution in [2.75, 3.05) is 18.6 Å². The van der Waals surface area contributed by atoms with Crippen LogP contribution in [-0.2, 0) is 4.79 Å². The van der Waals surface area contributed by atoms with Gasteiger partial charge in [0.2, 0.25) is 0 Å². The lowest BCUT2D eigenvalue weighted by atomic mass is 10.2. The van der Waals surface area contributed by atoms with Crippen molar-refractivity contribution < 1.29 is 19.4 Å². The molecule has 2 aliphatic heterocycles. The van der Waals surface area contributed by atoms with Gasteiger partial charge in [0.15, 0.2) is 0 Å². The number of benzene rings is 1. The maximum Gasteiger partial charge on any atom is 0.321 e. The van der Waals surface area contributed by atoms with E-state index in [9.17, 15) is 14.3 Å². The number of carboxylic acid groups (broad SMARTS) is 1. The molecular weight excluding hydrogens is 327 g/mol. The second kappa shape index (κ2) is 6.10. The Kier molecular flexibility index (Phi) is 4.33. The van der Waals surface area contributed by atoms with Crippen molar-refractivity contribution in [1.29, 1.82) is 0 Å². The second-order valence-electron chi connectivity index (χ2n) is 5.19. The van der Waals surface area contributed by atoms with E-state index in [0.717, 1.165) is 0 Å². The number of halogens is 1. The van der Waals surface area contributed by atoms with Crippen LogP contribution in [-0.4, -0.2) is 62.1 Å². The average Bonchev–Trinajstić information content (AvgIpc) is 3.05. The molecule has 0 aromatic heterocycles. The van der Waals surface area contributed by atoms with Gasteiger partial charge in [-0.1, -0.05) is 6.07 Å². The third-order valence-electron chi connectivity index (χ3n) is 3.81. The van der Waals surface area contributed by atoms with Crippen molar-refractivity contribution >= 4 is 34.5 Å². The van der Waals surface area contributed by atoms with Gasteiger partial charge in [0.25, 0.3) is 0 Å². The Morgan fingerprint density at radius 1 is 1.45 bits per heavy atom. The summed E-state index contributed by atoms with van der Waals surface area (Å²) in [6.07, 6.45) is 0. The van der Waals surface area contributed by atoms with Crippen molar-refractivity contribution in [3.63, 3.8) is 0 Å². The number of hydrogen-bond donors (Lipinski definition) is 2. The minimum atomic E-state index is -0.834. The SMILES string of the molecule is CN1C([C@@H]2CSC(c3c(O)cccc3F)=N2)SC[C@@H]1C(=O)O. The molecule has 2 aliphatic rings. The molecule has 3 atom stereocenters. The lowest BCUT2D eigenvalue weighted by Gasteiger charge is -2.24. The summed E-state index contributed by atoms with van der Waals surface area (Å²) in [5, 5.41) is 19.4. The predicted molar refractivity (Wildman–Crippen MR) is 86.3 cm³/mol. The van der Waals surface area contributed by atoms with E-state index in [1.165, 1.54) is 30.0 Å². The molecular formula is C14H15FN2O3S2. The molecule has 2 heterocycles. The average molecular weight is 342 g/mol. The summed E-state index contributed by atoms with van der Waals surface area (Å²) in [4.78, 5) is 17.5. The standard InChI is InChI=1S/C14H15FN2O3S2/c1-17-9(14(19)20)6-22-13(17)8-5-21-12(16-8)11-7(15)3-2-4-10(11)18/h2-4,8-9,13,18H,5-6H2,1H3,(H,19,20)/t8-,9+,13?/m0/s1. The molecule has 3 rings (SSSR count). The number of thioether (sulfide) groups is 2. The zero-order valence-electron chi connectivity index (χ0n) is 11.8. The molecule has 2 N–H and O–H groups in total. The van der Waals surface area contributed by atoms with Gasteiger partial charge in [-0.05, 0) is 19.2 Å². The minimum absolute atomic E-state index is 0.0417. The molecule has 1 fully saturated rings. The number of likely N-dealkylation sites (N-methyl/N-ethyl adjacent to an activating group) is 1. The van der Waals surface area contributed by atoms with Gasteiger partial charge in [-0.3, -0.25) is 14.7 Å². The summed E-state index contributed by atoms with van der Waals surface area (Å²) in [5.41, 5.74) is 0.135. The van der Waals surface area contributed by atoms with Crippen LogP contribution in [0.1, 0.15) is 5.56 Å². The summed E-state index contributed by atoms with van der Waals surface area (Å²) in [5.74, 6) is -0.283. The Hall–Kier alpha value is -1.25. The quantitative estimate of drug-likeness (QED) is 0.873. The van der Waals surface area contributed by atoms with E-state index in [2.05, 4.69) is 4.99 Å². The maximum absolute atomic E-state index is 13.9. The van der Waals surface area contributed by atoms with Crippen molar-refractivity contribution in [2.45, 2.75) is 17.5 Å². The number of aliphatic imine (C=N–C) groups is 1. The molecule has 0 aliphatic carbocycles. The first-order valence-electron chi connectivity index (χ1n) is 6.74. The topological polar surface area (TPSA) is 73.1 Å². The van der Waals surface area contributed by atoms with Gasteiger partial charge >= 0.3 is 5.97 Å². The number of phenolic OH excluding ortho intramolecular Hbond substituents is 1. The zero-order valence-corrected chi connectivity index (χ0v) is 13.4. The van der Waals surface area contributed by atoms with Gasteiger partial charge in [0.1, 0.15) is 22.7 Å².